The number of nitrogens with one attached hydrogen (secondary N) is 1. The molecule has 0 aliphatic heterocycles. The minimum Gasteiger partial charge on any atom is -0.504 e. The number of carboxylic acid groups (broad SMARTS) is 1. The molecule has 0 fully saturated rings. The molecule has 1 rings (SSSR count). The summed E-state index contributed by atoms with van der Waals surface area (Å²) in [5.74, 6) is -2.17. The molecular weight excluding hydrogens is 264 g/mol. The highest BCUT2D eigenvalue weighted by Crippen LogP contribution is 2.25. The topological polar surface area (TPSA) is 110 Å². The number of hydrogen-bond donors (Lipinski definition) is 4. The number of carbonyl (C=O) groups excluding carboxylic acids is 1. The lowest BCUT2D eigenvalue weighted by Gasteiger charge is -2.16. The lowest BCUT2D eigenvalue weighted by atomic mass is 10.1. The van der Waals surface area contributed by atoms with E-state index in [0.717, 1.165) is 0 Å². The Morgan fingerprint density at radius 2 is 1.90 bits per heavy atom. The van der Waals surface area contributed by atoms with Gasteiger partial charge in [-0.2, -0.15) is 0 Å². The van der Waals surface area contributed by atoms with Crippen LogP contribution in [0.4, 0.5) is 0 Å². The van der Waals surface area contributed by atoms with Gasteiger partial charge >= 0.3 is 5.97 Å². The molecule has 1 atom stereocenters. The SMILES string of the molecule is CN(C)CC(=O)N[C@@H](Cc1ccc(O)c(O)c1)C(=O)O. The molecule has 1 amide bonds. The van der Waals surface area contributed by atoms with E-state index >= 15 is 0 Å². The molecule has 4 N–H and O–H groups in total. The average molecular weight is 282 g/mol. The Labute approximate surface area is 116 Å². The molecule has 0 spiro atoms. The molecule has 110 valence electrons. The highest BCUT2D eigenvalue weighted by molar-refractivity contribution is 5.84. The summed E-state index contributed by atoms with van der Waals surface area (Å²) >= 11 is 0. The summed E-state index contributed by atoms with van der Waals surface area (Å²) in [5, 5.41) is 30.1. The first-order valence-electron chi connectivity index (χ1n) is 5.97. The average Bonchev–Trinajstić information content (AvgIpc) is 2.31. The van der Waals surface area contributed by atoms with Gasteiger partial charge in [-0.1, -0.05) is 6.07 Å². The van der Waals surface area contributed by atoms with Crippen LogP contribution in [0.1, 0.15) is 5.56 Å². The quantitative estimate of drug-likeness (QED) is 0.537. The maximum Gasteiger partial charge on any atom is 0.326 e. The van der Waals surface area contributed by atoms with Crippen LogP contribution in [0.25, 0.3) is 0 Å². The number of benzene rings is 1. The van der Waals surface area contributed by atoms with Gasteiger partial charge in [0.2, 0.25) is 5.91 Å². The summed E-state index contributed by atoms with van der Waals surface area (Å²) in [5.41, 5.74) is 0.498. The number of hydrogen-bond acceptors (Lipinski definition) is 5. The monoisotopic (exact) mass is 282 g/mol. The zero-order valence-electron chi connectivity index (χ0n) is 11.3. The maximum atomic E-state index is 11.6. The standard InChI is InChI=1S/C13H18N2O5/c1-15(2)7-12(18)14-9(13(19)20)5-8-3-4-10(16)11(17)6-8/h3-4,6,9,16-17H,5,7H2,1-2H3,(H,14,18)(H,19,20)/t9-/m0/s1. The summed E-state index contributed by atoms with van der Waals surface area (Å²) in [6, 6.07) is 2.93. The number of nitrogens with zero attached hydrogens (tertiary/aromatic N) is 1. The van der Waals surface area contributed by atoms with Crippen molar-refractivity contribution < 1.29 is 24.9 Å². The molecule has 20 heavy (non-hydrogen) atoms. The fourth-order valence-corrected chi connectivity index (χ4v) is 1.66. The van der Waals surface area contributed by atoms with Gasteiger partial charge in [-0.05, 0) is 31.8 Å². The Morgan fingerprint density at radius 1 is 1.25 bits per heavy atom. The second kappa shape index (κ2) is 6.76. The third kappa shape index (κ3) is 4.77. The van der Waals surface area contributed by atoms with Crippen molar-refractivity contribution in [1.82, 2.24) is 10.2 Å². The predicted octanol–water partition coefficient (Wildman–Crippen LogP) is -0.229. The highest BCUT2D eigenvalue weighted by atomic mass is 16.4. The van der Waals surface area contributed by atoms with Crippen molar-refractivity contribution in [3.8, 4) is 11.5 Å². The van der Waals surface area contributed by atoms with Gasteiger partial charge < -0.3 is 25.5 Å². The van der Waals surface area contributed by atoms with Crippen LogP contribution in [0, 0.1) is 0 Å². The Bertz CT molecular complexity index is 502. The molecule has 0 radical (unpaired) electrons. The van der Waals surface area contributed by atoms with Gasteiger partial charge in [0.1, 0.15) is 6.04 Å². The van der Waals surface area contributed by atoms with Crippen LogP contribution < -0.4 is 5.32 Å². The normalized spacial score (nSPS) is 12.2. The van der Waals surface area contributed by atoms with E-state index in [2.05, 4.69) is 5.32 Å². The number of amides is 1. The number of aromatic hydroxyl groups is 2. The molecule has 7 nitrogen and oxygen atoms in total. The van der Waals surface area contributed by atoms with E-state index < -0.39 is 17.9 Å². The predicted molar refractivity (Wildman–Crippen MR) is 71.6 cm³/mol. The van der Waals surface area contributed by atoms with Gasteiger partial charge in [0.25, 0.3) is 0 Å². The van der Waals surface area contributed by atoms with Crippen molar-refractivity contribution in [3.05, 3.63) is 23.8 Å². The third-order valence-electron chi connectivity index (χ3n) is 2.57. The number of rotatable bonds is 6. The molecule has 7 heteroatoms. The second-order valence-corrected chi connectivity index (χ2v) is 4.72. The number of carbonyl (C=O) groups is 2. The zero-order chi connectivity index (χ0) is 15.3. The summed E-state index contributed by atoms with van der Waals surface area (Å²) in [7, 11) is 3.40. The summed E-state index contributed by atoms with van der Waals surface area (Å²) in [6.07, 6.45) is 0.0162. The van der Waals surface area contributed by atoms with Crippen LogP contribution >= 0.6 is 0 Å². The smallest absolute Gasteiger partial charge is 0.326 e. The molecule has 0 aromatic heterocycles. The van der Waals surface area contributed by atoms with Gasteiger partial charge in [0.15, 0.2) is 11.5 Å². The number of aliphatic carboxylic acids is 1. The lowest BCUT2D eigenvalue weighted by molar-refractivity contribution is -0.141. The van der Waals surface area contributed by atoms with E-state index in [0.29, 0.717) is 5.56 Å². The van der Waals surface area contributed by atoms with Gasteiger partial charge in [-0.3, -0.25) is 4.79 Å². The maximum absolute atomic E-state index is 11.6. The van der Waals surface area contributed by atoms with E-state index in [1.807, 2.05) is 0 Å². The van der Waals surface area contributed by atoms with Gasteiger partial charge in [-0.25, -0.2) is 4.79 Å². The molecule has 0 saturated carbocycles. The van der Waals surface area contributed by atoms with E-state index in [9.17, 15) is 19.8 Å². The lowest BCUT2D eigenvalue weighted by Crippen LogP contribution is -2.45. The Kier molecular flexibility index (Phi) is 5.33. The second-order valence-electron chi connectivity index (χ2n) is 4.72. The Hall–Kier alpha value is -2.28. The largest absolute Gasteiger partial charge is 0.504 e. The van der Waals surface area contributed by atoms with E-state index in [1.54, 1.807) is 19.0 Å². The van der Waals surface area contributed by atoms with Gasteiger partial charge in [0, 0.05) is 6.42 Å². The van der Waals surface area contributed by atoms with E-state index in [4.69, 9.17) is 5.11 Å². The first kappa shape index (κ1) is 15.8. The van der Waals surface area contributed by atoms with Crippen LogP contribution in [-0.4, -0.2) is 58.8 Å². The first-order chi connectivity index (χ1) is 9.29. The number of carboxylic acids is 1. The van der Waals surface area contributed by atoms with Crippen molar-refractivity contribution in [2.24, 2.45) is 0 Å². The van der Waals surface area contributed by atoms with Crippen LogP contribution in [-0.2, 0) is 16.0 Å². The fourth-order valence-electron chi connectivity index (χ4n) is 1.66. The fraction of sp³-hybridized carbons (Fsp3) is 0.385. The van der Waals surface area contributed by atoms with E-state index in [1.165, 1.54) is 18.2 Å². The highest BCUT2D eigenvalue weighted by Gasteiger charge is 2.21. The van der Waals surface area contributed by atoms with Crippen LogP contribution in [0.2, 0.25) is 0 Å². The summed E-state index contributed by atoms with van der Waals surface area (Å²) in [4.78, 5) is 24.3. The van der Waals surface area contributed by atoms with Gasteiger partial charge in [-0.15, -0.1) is 0 Å². The minimum atomic E-state index is -1.16. The number of phenolic OH excluding ortho intramolecular Hbond substituents is 2. The molecule has 0 unspecified atom stereocenters. The molecule has 0 aliphatic rings. The molecule has 1 aromatic rings. The number of phenols is 2. The summed E-state index contributed by atoms with van der Waals surface area (Å²) in [6.45, 7) is 0.0879. The molecule has 0 heterocycles. The Balaban J connectivity index is 2.74. The molecule has 0 aliphatic carbocycles. The van der Waals surface area contributed by atoms with Crippen molar-refractivity contribution in [3.63, 3.8) is 0 Å². The number of likely N-dealkylation sites (N-methyl/N-ethyl adjacent to an activating group) is 1. The zero-order valence-corrected chi connectivity index (χ0v) is 11.3. The third-order valence-corrected chi connectivity index (χ3v) is 2.57. The molecular formula is C13H18N2O5. The minimum absolute atomic E-state index is 0.0162. The molecule has 0 saturated heterocycles. The Morgan fingerprint density at radius 3 is 2.40 bits per heavy atom. The first-order valence-corrected chi connectivity index (χ1v) is 5.97. The van der Waals surface area contributed by atoms with E-state index in [-0.39, 0.29) is 24.5 Å². The van der Waals surface area contributed by atoms with Crippen LogP contribution in [0.5, 0.6) is 11.5 Å². The molecule has 0 bridgehead atoms. The van der Waals surface area contributed by atoms with Crippen molar-refractivity contribution in [1.29, 1.82) is 0 Å². The molecule has 1 aromatic carbocycles. The van der Waals surface area contributed by atoms with Crippen molar-refractivity contribution >= 4 is 11.9 Å². The van der Waals surface area contributed by atoms with Crippen molar-refractivity contribution in [2.45, 2.75) is 12.5 Å². The van der Waals surface area contributed by atoms with Crippen LogP contribution in [0.3, 0.4) is 0 Å². The van der Waals surface area contributed by atoms with Crippen LogP contribution in [0.15, 0.2) is 18.2 Å². The van der Waals surface area contributed by atoms with Gasteiger partial charge in [0.05, 0.1) is 6.54 Å². The van der Waals surface area contributed by atoms with Crippen molar-refractivity contribution in [2.75, 3.05) is 20.6 Å². The summed E-state index contributed by atoms with van der Waals surface area (Å²) < 4.78 is 0.